The van der Waals surface area contributed by atoms with Gasteiger partial charge in [0.2, 0.25) is 0 Å². The molecule has 0 radical (unpaired) electrons. The van der Waals surface area contributed by atoms with Crippen molar-refractivity contribution in [3.05, 3.63) is 0 Å². The van der Waals surface area contributed by atoms with Crippen LogP contribution >= 0.6 is 0 Å². The lowest BCUT2D eigenvalue weighted by Gasteiger charge is -2.43. The van der Waals surface area contributed by atoms with Crippen molar-refractivity contribution in [2.75, 3.05) is 25.6 Å². The molecule has 20 heavy (non-hydrogen) atoms. The minimum absolute atomic E-state index is 0.0172. The topological polar surface area (TPSA) is 86.7 Å². The van der Waals surface area contributed by atoms with E-state index in [1.165, 1.54) is 0 Å². The fourth-order valence-corrected chi connectivity index (χ4v) is 3.15. The summed E-state index contributed by atoms with van der Waals surface area (Å²) in [6.45, 7) is 0.343. The Morgan fingerprint density at radius 1 is 1.30 bits per heavy atom. The van der Waals surface area contributed by atoms with E-state index >= 15 is 0 Å². The molecule has 1 fully saturated rings. The van der Waals surface area contributed by atoms with E-state index in [-0.39, 0.29) is 12.5 Å². The maximum Gasteiger partial charge on any atom is 0.317 e. The van der Waals surface area contributed by atoms with Gasteiger partial charge in [-0.2, -0.15) is 0 Å². The first kappa shape index (κ1) is 16.9. The van der Waals surface area contributed by atoms with E-state index in [0.29, 0.717) is 12.3 Å². The van der Waals surface area contributed by atoms with E-state index in [9.17, 15) is 13.8 Å². The highest BCUT2D eigenvalue weighted by Gasteiger charge is 2.40. The summed E-state index contributed by atoms with van der Waals surface area (Å²) in [5, 5.41) is 11.8. The Kier molecular flexibility index (Phi) is 6.45. The molecule has 0 spiro atoms. The number of hydrogen-bond donors (Lipinski definition) is 2. The second-order valence-electron chi connectivity index (χ2n) is 5.42. The van der Waals surface area contributed by atoms with Gasteiger partial charge in [-0.3, -0.25) is 9.00 Å². The third kappa shape index (κ3) is 4.77. The van der Waals surface area contributed by atoms with Gasteiger partial charge in [0.1, 0.15) is 0 Å². The van der Waals surface area contributed by atoms with Crippen LogP contribution in [-0.2, 0) is 15.6 Å². The first-order valence-corrected chi connectivity index (χ1v) is 8.63. The Balaban J connectivity index is 2.66. The lowest BCUT2D eigenvalue weighted by molar-refractivity contribution is -0.140. The van der Waals surface area contributed by atoms with Gasteiger partial charge in [-0.1, -0.05) is 19.3 Å². The predicted molar refractivity (Wildman–Crippen MR) is 78.2 cm³/mol. The molecule has 0 aromatic rings. The minimum Gasteiger partial charge on any atom is -0.481 e. The van der Waals surface area contributed by atoms with Gasteiger partial charge in [-0.15, -0.1) is 0 Å². The van der Waals surface area contributed by atoms with Crippen molar-refractivity contribution >= 4 is 22.8 Å². The number of amides is 2. The number of aliphatic carboxylic acids is 1. The predicted octanol–water partition coefficient (Wildman–Crippen LogP) is 1.18. The number of hydrogen-bond acceptors (Lipinski definition) is 3. The van der Waals surface area contributed by atoms with E-state index in [4.69, 9.17) is 5.11 Å². The van der Waals surface area contributed by atoms with Crippen LogP contribution in [0.5, 0.6) is 0 Å². The standard InChI is InChI=1S/C13H24N2O4S/c1-15(12(18)14-8-9-20(2)19)13(10-11(16)17)6-4-3-5-7-13/h3-10H2,1-2H3,(H,14,18)(H,16,17). The second-order valence-corrected chi connectivity index (χ2v) is 6.98. The highest BCUT2D eigenvalue weighted by Crippen LogP contribution is 2.35. The zero-order valence-electron chi connectivity index (χ0n) is 12.2. The van der Waals surface area contributed by atoms with E-state index in [2.05, 4.69) is 5.32 Å². The van der Waals surface area contributed by atoms with Crippen LogP contribution in [0.1, 0.15) is 38.5 Å². The van der Waals surface area contributed by atoms with Crippen molar-refractivity contribution in [2.24, 2.45) is 0 Å². The highest BCUT2D eigenvalue weighted by atomic mass is 32.2. The zero-order valence-corrected chi connectivity index (χ0v) is 13.0. The van der Waals surface area contributed by atoms with Crippen molar-refractivity contribution in [1.29, 1.82) is 0 Å². The molecule has 0 bridgehead atoms. The monoisotopic (exact) mass is 304 g/mol. The number of carbonyl (C=O) groups excluding carboxylic acids is 1. The molecular weight excluding hydrogens is 280 g/mol. The van der Waals surface area contributed by atoms with Gasteiger partial charge in [0.25, 0.3) is 0 Å². The number of carbonyl (C=O) groups is 2. The van der Waals surface area contributed by atoms with Gasteiger partial charge in [0.05, 0.1) is 12.0 Å². The first-order chi connectivity index (χ1) is 9.37. The van der Waals surface area contributed by atoms with E-state index in [1.54, 1.807) is 18.2 Å². The van der Waals surface area contributed by atoms with Crippen molar-refractivity contribution in [3.8, 4) is 0 Å². The SMILES string of the molecule is CN(C(=O)NCCS(C)=O)C1(CC(=O)O)CCCCC1. The smallest absolute Gasteiger partial charge is 0.317 e. The van der Waals surface area contributed by atoms with Crippen LogP contribution in [0.4, 0.5) is 4.79 Å². The molecule has 0 aromatic carbocycles. The van der Waals surface area contributed by atoms with Crippen LogP contribution in [0.15, 0.2) is 0 Å². The van der Waals surface area contributed by atoms with Gasteiger partial charge in [-0.25, -0.2) is 4.79 Å². The van der Waals surface area contributed by atoms with Crippen molar-refractivity contribution in [1.82, 2.24) is 10.2 Å². The van der Waals surface area contributed by atoms with Gasteiger partial charge in [0.15, 0.2) is 0 Å². The van der Waals surface area contributed by atoms with Crippen molar-refractivity contribution < 1.29 is 18.9 Å². The molecule has 2 N–H and O–H groups in total. The molecule has 1 rings (SSSR count). The molecular formula is C13H24N2O4S. The number of rotatable bonds is 6. The summed E-state index contributed by atoms with van der Waals surface area (Å²) in [5.74, 6) is -0.466. The Morgan fingerprint density at radius 2 is 1.90 bits per heavy atom. The molecule has 0 aromatic heterocycles. The molecule has 2 amide bonds. The fraction of sp³-hybridized carbons (Fsp3) is 0.846. The number of nitrogens with one attached hydrogen (secondary N) is 1. The van der Waals surface area contributed by atoms with Crippen LogP contribution in [0.25, 0.3) is 0 Å². The van der Waals surface area contributed by atoms with Crippen LogP contribution in [0.3, 0.4) is 0 Å². The number of urea groups is 1. The van der Waals surface area contributed by atoms with E-state index in [0.717, 1.165) is 32.1 Å². The molecule has 1 aliphatic carbocycles. The average Bonchev–Trinajstić information content (AvgIpc) is 2.37. The van der Waals surface area contributed by atoms with Crippen LogP contribution in [-0.4, -0.2) is 57.4 Å². The third-order valence-corrected chi connectivity index (χ3v) is 4.73. The summed E-state index contributed by atoms with van der Waals surface area (Å²) in [4.78, 5) is 24.8. The second kappa shape index (κ2) is 7.61. The van der Waals surface area contributed by atoms with Crippen LogP contribution in [0.2, 0.25) is 0 Å². The summed E-state index contributed by atoms with van der Waals surface area (Å²) in [6, 6.07) is -0.279. The summed E-state index contributed by atoms with van der Waals surface area (Å²) in [6.07, 6.45) is 6.00. The average molecular weight is 304 g/mol. The molecule has 7 heteroatoms. The summed E-state index contributed by atoms with van der Waals surface area (Å²) in [7, 11) is 0.712. The molecule has 1 atom stereocenters. The Bertz CT molecular complexity index is 381. The molecule has 116 valence electrons. The number of carboxylic acids is 1. The third-order valence-electron chi connectivity index (χ3n) is 3.95. The quantitative estimate of drug-likeness (QED) is 0.771. The van der Waals surface area contributed by atoms with Crippen molar-refractivity contribution in [2.45, 2.75) is 44.1 Å². The fourth-order valence-electron chi connectivity index (χ4n) is 2.76. The zero-order chi connectivity index (χ0) is 15.2. The van der Waals surface area contributed by atoms with Gasteiger partial charge >= 0.3 is 12.0 Å². The lowest BCUT2D eigenvalue weighted by atomic mass is 9.78. The van der Waals surface area contributed by atoms with Crippen molar-refractivity contribution in [3.63, 3.8) is 0 Å². The summed E-state index contributed by atoms with van der Waals surface area (Å²) < 4.78 is 11.0. The van der Waals surface area contributed by atoms with E-state index < -0.39 is 22.3 Å². The highest BCUT2D eigenvalue weighted by molar-refractivity contribution is 7.84. The minimum atomic E-state index is -0.947. The van der Waals surface area contributed by atoms with Crippen LogP contribution < -0.4 is 5.32 Å². The Morgan fingerprint density at radius 3 is 2.40 bits per heavy atom. The Labute approximate surface area is 122 Å². The molecule has 0 heterocycles. The molecule has 0 saturated heterocycles. The number of nitrogens with zero attached hydrogens (tertiary/aromatic N) is 1. The van der Waals surface area contributed by atoms with Crippen LogP contribution in [0, 0.1) is 0 Å². The molecule has 1 saturated carbocycles. The first-order valence-electron chi connectivity index (χ1n) is 6.91. The maximum atomic E-state index is 12.1. The maximum absolute atomic E-state index is 12.1. The molecule has 6 nitrogen and oxygen atoms in total. The molecule has 1 unspecified atom stereocenters. The van der Waals surface area contributed by atoms with Gasteiger partial charge in [0, 0.05) is 36.4 Å². The lowest BCUT2D eigenvalue weighted by Crippen LogP contribution is -2.55. The number of carboxylic acid groups (broad SMARTS) is 1. The molecule has 1 aliphatic rings. The summed E-state index contributed by atoms with van der Waals surface area (Å²) in [5.41, 5.74) is -0.584. The largest absolute Gasteiger partial charge is 0.481 e. The normalized spacial score (nSPS) is 19.1. The van der Waals surface area contributed by atoms with E-state index in [1.807, 2.05) is 0 Å². The molecule has 0 aliphatic heterocycles. The van der Waals surface area contributed by atoms with Gasteiger partial charge < -0.3 is 15.3 Å². The summed E-state index contributed by atoms with van der Waals surface area (Å²) >= 11 is 0. The Hall–Kier alpha value is -1.11. The van der Waals surface area contributed by atoms with Gasteiger partial charge in [-0.05, 0) is 12.8 Å².